The topological polar surface area (TPSA) is 108 Å². The van der Waals surface area contributed by atoms with E-state index >= 15 is 0 Å². The molecule has 3 N–H and O–H groups in total. The van der Waals surface area contributed by atoms with E-state index in [2.05, 4.69) is 20.5 Å². The number of amides is 1. The lowest BCUT2D eigenvalue weighted by atomic mass is 10.0. The molecule has 126 valence electrons. The first-order chi connectivity index (χ1) is 12.0. The lowest BCUT2D eigenvalue weighted by Gasteiger charge is -2.05. The maximum absolute atomic E-state index is 12.1. The monoisotopic (exact) mass is 356 g/mol. The molecule has 7 nitrogen and oxygen atoms in total. The van der Waals surface area contributed by atoms with Crippen LogP contribution in [0.2, 0.25) is 5.02 Å². The Balaban J connectivity index is 1.70. The van der Waals surface area contributed by atoms with E-state index in [0.717, 1.165) is 5.56 Å². The summed E-state index contributed by atoms with van der Waals surface area (Å²) in [6.07, 6.45) is -0.0900. The number of aromatic amines is 1. The van der Waals surface area contributed by atoms with E-state index in [1.54, 1.807) is 42.5 Å². The Kier molecular flexibility index (Phi) is 4.76. The second kappa shape index (κ2) is 7.14. The molecule has 0 aliphatic rings. The molecule has 0 radical (unpaired) electrons. The van der Waals surface area contributed by atoms with Crippen LogP contribution in [-0.2, 0) is 11.2 Å². The van der Waals surface area contributed by atoms with Gasteiger partial charge in [0.15, 0.2) is 5.82 Å². The highest BCUT2D eigenvalue weighted by molar-refractivity contribution is 6.30. The summed E-state index contributed by atoms with van der Waals surface area (Å²) in [5.41, 5.74) is 1.28. The lowest BCUT2D eigenvalue weighted by molar-refractivity contribution is -0.115. The number of carboxylic acids is 1. The summed E-state index contributed by atoms with van der Waals surface area (Å²) in [5, 5.41) is 19.0. The first-order valence-electron chi connectivity index (χ1n) is 7.32. The number of rotatable bonds is 5. The van der Waals surface area contributed by atoms with Gasteiger partial charge in [-0.05, 0) is 35.9 Å². The Hall–Kier alpha value is -3.19. The Morgan fingerprint density at radius 3 is 2.56 bits per heavy atom. The van der Waals surface area contributed by atoms with Crippen LogP contribution in [0.1, 0.15) is 15.9 Å². The van der Waals surface area contributed by atoms with Gasteiger partial charge >= 0.3 is 5.97 Å². The number of nitrogens with one attached hydrogen (secondary N) is 2. The highest BCUT2D eigenvalue weighted by Gasteiger charge is 2.14. The molecule has 3 rings (SSSR count). The van der Waals surface area contributed by atoms with Gasteiger partial charge in [0.2, 0.25) is 11.9 Å². The van der Waals surface area contributed by atoms with Gasteiger partial charge in [-0.25, -0.2) is 4.79 Å². The van der Waals surface area contributed by atoms with Crippen LogP contribution in [0.4, 0.5) is 5.95 Å². The predicted octanol–water partition coefficient (Wildman–Crippen LogP) is 3.00. The maximum atomic E-state index is 12.1. The zero-order chi connectivity index (χ0) is 17.8. The molecule has 0 unspecified atom stereocenters. The quantitative estimate of drug-likeness (QED) is 0.651. The van der Waals surface area contributed by atoms with Crippen molar-refractivity contribution >= 4 is 29.4 Å². The van der Waals surface area contributed by atoms with Crippen LogP contribution in [0, 0.1) is 0 Å². The van der Waals surface area contributed by atoms with Gasteiger partial charge in [-0.3, -0.25) is 15.2 Å². The number of aromatic carboxylic acids is 1. The van der Waals surface area contributed by atoms with Crippen LogP contribution >= 0.6 is 11.6 Å². The molecule has 0 fully saturated rings. The Labute approximate surface area is 147 Å². The SMILES string of the molecule is O=C(Cc1ccccc1C(=O)O)Nc1n[nH]c(-c2ccc(Cl)cc2)n1. The van der Waals surface area contributed by atoms with Gasteiger partial charge in [0.05, 0.1) is 12.0 Å². The average molecular weight is 357 g/mol. The summed E-state index contributed by atoms with van der Waals surface area (Å²) in [4.78, 5) is 27.5. The van der Waals surface area contributed by atoms with Crippen molar-refractivity contribution in [3.05, 3.63) is 64.7 Å². The number of carbonyl (C=O) groups is 2. The first-order valence-corrected chi connectivity index (χ1v) is 7.70. The van der Waals surface area contributed by atoms with E-state index in [-0.39, 0.29) is 17.9 Å². The highest BCUT2D eigenvalue weighted by atomic mass is 35.5. The number of hydrogen-bond donors (Lipinski definition) is 3. The smallest absolute Gasteiger partial charge is 0.335 e. The predicted molar refractivity (Wildman–Crippen MR) is 92.6 cm³/mol. The van der Waals surface area contributed by atoms with Gasteiger partial charge in [0, 0.05) is 10.6 Å². The molecule has 0 saturated heterocycles. The van der Waals surface area contributed by atoms with Crippen LogP contribution < -0.4 is 5.32 Å². The highest BCUT2D eigenvalue weighted by Crippen LogP contribution is 2.19. The standard InChI is InChI=1S/C17H13ClN4O3/c18-12-7-5-10(6-8-12)15-20-17(22-21-15)19-14(23)9-11-3-1-2-4-13(11)16(24)25/h1-8H,9H2,(H,24,25)(H2,19,20,21,22,23). The minimum Gasteiger partial charge on any atom is -0.478 e. The van der Waals surface area contributed by atoms with Gasteiger partial charge in [0.25, 0.3) is 0 Å². The number of nitrogens with zero attached hydrogens (tertiary/aromatic N) is 2. The fourth-order valence-corrected chi connectivity index (χ4v) is 2.41. The molecule has 8 heteroatoms. The summed E-state index contributed by atoms with van der Waals surface area (Å²) in [6.45, 7) is 0. The van der Waals surface area contributed by atoms with Gasteiger partial charge in [0.1, 0.15) is 0 Å². The molecule has 2 aromatic carbocycles. The number of benzene rings is 2. The van der Waals surface area contributed by atoms with E-state index in [1.165, 1.54) is 6.07 Å². The van der Waals surface area contributed by atoms with Crippen molar-refractivity contribution < 1.29 is 14.7 Å². The van der Waals surface area contributed by atoms with Gasteiger partial charge < -0.3 is 5.11 Å². The second-order valence-corrected chi connectivity index (χ2v) is 5.64. The van der Waals surface area contributed by atoms with Crippen LogP contribution in [0.3, 0.4) is 0 Å². The molecule has 0 saturated carbocycles. The van der Waals surface area contributed by atoms with E-state index < -0.39 is 11.9 Å². The Morgan fingerprint density at radius 2 is 1.84 bits per heavy atom. The second-order valence-electron chi connectivity index (χ2n) is 5.20. The van der Waals surface area contributed by atoms with Crippen LogP contribution in [-0.4, -0.2) is 32.2 Å². The number of carboxylic acid groups (broad SMARTS) is 1. The zero-order valence-electron chi connectivity index (χ0n) is 12.9. The largest absolute Gasteiger partial charge is 0.478 e. The minimum absolute atomic E-state index is 0.0900. The summed E-state index contributed by atoms with van der Waals surface area (Å²) >= 11 is 5.84. The third kappa shape index (κ3) is 4.02. The van der Waals surface area contributed by atoms with Gasteiger partial charge in [-0.15, -0.1) is 5.10 Å². The normalized spacial score (nSPS) is 10.4. The zero-order valence-corrected chi connectivity index (χ0v) is 13.6. The van der Waals surface area contributed by atoms with Crippen LogP contribution in [0.5, 0.6) is 0 Å². The number of aromatic nitrogens is 3. The molecule has 0 atom stereocenters. The number of anilines is 1. The number of hydrogen-bond acceptors (Lipinski definition) is 4. The molecular formula is C17H13ClN4O3. The van der Waals surface area contributed by atoms with E-state index in [1.807, 2.05) is 0 Å². The molecule has 1 amide bonds. The molecule has 1 heterocycles. The van der Waals surface area contributed by atoms with Crippen molar-refractivity contribution in [3.63, 3.8) is 0 Å². The van der Waals surface area contributed by atoms with E-state index in [9.17, 15) is 9.59 Å². The number of carbonyl (C=O) groups excluding carboxylic acids is 1. The van der Waals surface area contributed by atoms with Crippen molar-refractivity contribution in [2.75, 3.05) is 5.32 Å². The fraction of sp³-hybridized carbons (Fsp3) is 0.0588. The summed E-state index contributed by atoms with van der Waals surface area (Å²) < 4.78 is 0. The molecular weight excluding hydrogens is 344 g/mol. The molecule has 3 aromatic rings. The van der Waals surface area contributed by atoms with Crippen molar-refractivity contribution in [1.29, 1.82) is 0 Å². The maximum Gasteiger partial charge on any atom is 0.335 e. The molecule has 1 aromatic heterocycles. The van der Waals surface area contributed by atoms with Crippen molar-refractivity contribution in [3.8, 4) is 11.4 Å². The Bertz CT molecular complexity index is 922. The summed E-state index contributed by atoms with van der Waals surface area (Å²) in [7, 11) is 0. The molecule has 0 spiro atoms. The van der Waals surface area contributed by atoms with Gasteiger partial charge in [-0.1, -0.05) is 29.8 Å². The lowest BCUT2D eigenvalue weighted by Crippen LogP contribution is -2.17. The average Bonchev–Trinajstić information content (AvgIpc) is 3.04. The third-order valence-electron chi connectivity index (χ3n) is 3.45. The molecule has 0 aliphatic heterocycles. The van der Waals surface area contributed by atoms with E-state index in [4.69, 9.17) is 16.7 Å². The molecule has 25 heavy (non-hydrogen) atoms. The number of H-pyrrole nitrogens is 1. The summed E-state index contributed by atoms with van der Waals surface area (Å²) in [5.74, 6) is -0.887. The van der Waals surface area contributed by atoms with Crippen LogP contribution in [0.25, 0.3) is 11.4 Å². The van der Waals surface area contributed by atoms with Gasteiger partial charge in [-0.2, -0.15) is 4.98 Å². The van der Waals surface area contributed by atoms with Crippen molar-refractivity contribution in [2.24, 2.45) is 0 Å². The van der Waals surface area contributed by atoms with Crippen LogP contribution in [0.15, 0.2) is 48.5 Å². The third-order valence-corrected chi connectivity index (χ3v) is 3.71. The number of halogens is 1. The minimum atomic E-state index is -1.08. The summed E-state index contributed by atoms with van der Waals surface area (Å²) in [6, 6.07) is 13.3. The van der Waals surface area contributed by atoms with Crippen molar-refractivity contribution in [2.45, 2.75) is 6.42 Å². The fourth-order valence-electron chi connectivity index (χ4n) is 2.28. The molecule has 0 bridgehead atoms. The van der Waals surface area contributed by atoms with E-state index in [0.29, 0.717) is 16.4 Å². The first kappa shape index (κ1) is 16.7. The molecule has 0 aliphatic carbocycles. The Morgan fingerprint density at radius 1 is 1.12 bits per heavy atom. The van der Waals surface area contributed by atoms with Crippen molar-refractivity contribution in [1.82, 2.24) is 15.2 Å².